The van der Waals surface area contributed by atoms with E-state index >= 15 is 0 Å². The van der Waals surface area contributed by atoms with Gasteiger partial charge in [0.2, 0.25) is 5.91 Å². The van der Waals surface area contributed by atoms with E-state index in [1.807, 2.05) is 49.4 Å². The fraction of sp³-hybridized carbons (Fsp3) is 0.381. The molecule has 3 N–H and O–H groups in total. The molecular weight excluding hydrogens is 380 g/mol. The number of nitrogens with one attached hydrogen (secondary N) is 1. The second-order valence-electron chi connectivity index (χ2n) is 7.52. The summed E-state index contributed by atoms with van der Waals surface area (Å²) in [4.78, 5) is 19.4. The van der Waals surface area contributed by atoms with Gasteiger partial charge in [0.05, 0.1) is 6.04 Å². The van der Waals surface area contributed by atoms with Crippen LogP contribution in [0.3, 0.4) is 0 Å². The highest BCUT2D eigenvalue weighted by molar-refractivity contribution is 5.76. The van der Waals surface area contributed by atoms with Crippen LogP contribution in [0.5, 0.6) is 0 Å². The largest absolute Gasteiger partial charge is 0.355 e. The van der Waals surface area contributed by atoms with Crippen LogP contribution < -0.4 is 16.0 Å². The van der Waals surface area contributed by atoms with Crippen LogP contribution in [-0.4, -0.2) is 50.0 Å². The summed E-state index contributed by atoms with van der Waals surface area (Å²) < 4.78 is 1.61. The number of carbonyl (C=O) groups excluding carboxylic acids is 1. The first kappa shape index (κ1) is 20.0. The van der Waals surface area contributed by atoms with E-state index in [1.165, 1.54) is 0 Å². The molecule has 4 rings (SSSR count). The maximum absolute atomic E-state index is 12.7. The molecule has 0 bridgehead atoms. The van der Waals surface area contributed by atoms with Crippen LogP contribution in [0.1, 0.15) is 31.6 Å². The lowest BCUT2D eigenvalue weighted by Gasteiger charge is -2.32. The lowest BCUT2D eigenvalue weighted by Crippen LogP contribution is -2.46. The molecule has 156 valence electrons. The molecule has 3 heterocycles. The predicted molar refractivity (Wildman–Crippen MR) is 113 cm³/mol. The number of anilines is 1. The minimum absolute atomic E-state index is 0.0839. The third-order valence-electron chi connectivity index (χ3n) is 5.18. The van der Waals surface area contributed by atoms with Gasteiger partial charge < -0.3 is 16.0 Å². The first-order valence-electron chi connectivity index (χ1n) is 10.2. The van der Waals surface area contributed by atoms with E-state index < -0.39 is 0 Å². The molecule has 1 aliphatic rings. The Balaban J connectivity index is 1.37. The van der Waals surface area contributed by atoms with Crippen molar-refractivity contribution in [2.75, 3.05) is 18.0 Å². The Labute approximate surface area is 175 Å². The lowest BCUT2D eigenvalue weighted by molar-refractivity contribution is -0.122. The molecule has 30 heavy (non-hydrogen) atoms. The minimum Gasteiger partial charge on any atom is -0.355 e. The van der Waals surface area contributed by atoms with E-state index in [1.54, 1.807) is 10.9 Å². The zero-order chi connectivity index (χ0) is 20.9. The molecule has 1 atom stereocenters. The highest BCUT2D eigenvalue weighted by atomic mass is 16.2. The first-order valence-corrected chi connectivity index (χ1v) is 10.2. The normalized spacial score (nSPS) is 15.7. The van der Waals surface area contributed by atoms with Gasteiger partial charge in [0, 0.05) is 30.9 Å². The summed E-state index contributed by atoms with van der Waals surface area (Å²) >= 11 is 0. The number of hydrogen-bond donors (Lipinski definition) is 2. The summed E-state index contributed by atoms with van der Waals surface area (Å²) in [6.45, 7) is 3.60. The second-order valence-corrected chi connectivity index (χ2v) is 7.52. The Morgan fingerprint density at radius 2 is 1.97 bits per heavy atom. The fourth-order valence-corrected chi connectivity index (χ4v) is 3.64. The van der Waals surface area contributed by atoms with E-state index in [0.29, 0.717) is 11.6 Å². The molecule has 0 aliphatic carbocycles. The molecule has 1 fully saturated rings. The Morgan fingerprint density at radius 1 is 1.20 bits per heavy atom. The second kappa shape index (κ2) is 9.00. The number of aromatic nitrogens is 5. The van der Waals surface area contributed by atoms with Crippen LogP contribution in [0.15, 0.2) is 48.7 Å². The molecule has 9 heteroatoms. The van der Waals surface area contributed by atoms with Gasteiger partial charge in [-0.15, -0.1) is 5.10 Å². The quantitative estimate of drug-likeness (QED) is 0.638. The van der Waals surface area contributed by atoms with Gasteiger partial charge in [-0.05, 0) is 31.9 Å². The van der Waals surface area contributed by atoms with Crippen molar-refractivity contribution in [3.63, 3.8) is 0 Å². The number of nitrogens with two attached hydrogens (primary N) is 1. The van der Waals surface area contributed by atoms with Gasteiger partial charge in [-0.2, -0.15) is 10.2 Å². The van der Waals surface area contributed by atoms with E-state index in [0.717, 1.165) is 37.3 Å². The van der Waals surface area contributed by atoms with Crippen LogP contribution in [0, 0.1) is 0 Å². The number of hydrogen-bond acceptors (Lipinski definition) is 7. The SMILES string of the molecule is C[C@H](N)c1nc(-c2ccccc2)nn1CC(=O)NC1CCN(c2cccnn2)CC1. The van der Waals surface area contributed by atoms with Gasteiger partial charge in [-0.25, -0.2) is 9.67 Å². The van der Waals surface area contributed by atoms with Crippen molar-refractivity contribution in [2.24, 2.45) is 5.73 Å². The van der Waals surface area contributed by atoms with Crippen LogP contribution in [0.4, 0.5) is 5.82 Å². The minimum atomic E-state index is -0.321. The summed E-state index contributed by atoms with van der Waals surface area (Å²) in [5.74, 6) is 1.97. The Bertz CT molecular complexity index is 965. The number of piperidine rings is 1. The summed E-state index contributed by atoms with van der Waals surface area (Å²) in [6, 6.07) is 13.3. The van der Waals surface area contributed by atoms with Crippen molar-refractivity contribution < 1.29 is 4.79 Å². The Morgan fingerprint density at radius 3 is 2.63 bits per heavy atom. The molecule has 0 spiro atoms. The van der Waals surface area contributed by atoms with Gasteiger partial charge in [0.25, 0.3) is 0 Å². The summed E-state index contributed by atoms with van der Waals surface area (Å²) in [5, 5.41) is 15.7. The van der Waals surface area contributed by atoms with Gasteiger partial charge in [0.1, 0.15) is 12.4 Å². The van der Waals surface area contributed by atoms with Crippen molar-refractivity contribution in [3.05, 3.63) is 54.5 Å². The standard InChI is InChI=1S/C21H26N8O/c1-15(22)21-25-20(16-6-3-2-4-7-16)27-29(21)14-19(30)24-17-9-12-28(13-10-17)18-8-5-11-23-26-18/h2-8,11,15,17H,9-10,12-14,22H2,1H3,(H,24,30)/t15-/m0/s1. The van der Waals surface area contributed by atoms with E-state index in [-0.39, 0.29) is 24.5 Å². The molecular formula is C21H26N8O. The van der Waals surface area contributed by atoms with Crippen LogP contribution in [0.25, 0.3) is 11.4 Å². The Hall–Kier alpha value is -3.33. The summed E-state index contributed by atoms with van der Waals surface area (Å²) in [5.41, 5.74) is 6.96. The third kappa shape index (κ3) is 4.62. The highest BCUT2D eigenvalue weighted by Crippen LogP contribution is 2.19. The maximum Gasteiger partial charge on any atom is 0.242 e. The lowest BCUT2D eigenvalue weighted by atomic mass is 10.1. The van der Waals surface area contributed by atoms with Crippen LogP contribution in [0.2, 0.25) is 0 Å². The number of amides is 1. The van der Waals surface area contributed by atoms with E-state index in [9.17, 15) is 4.79 Å². The summed E-state index contributed by atoms with van der Waals surface area (Å²) in [7, 11) is 0. The molecule has 1 amide bonds. The number of carbonyl (C=O) groups is 1. The zero-order valence-corrected chi connectivity index (χ0v) is 17.0. The molecule has 1 saturated heterocycles. The van der Waals surface area contributed by atoms with Crippen molar-refractivity contribution in [3.8, 4) is 11.4 Å². The molecule has 3 aromatic rings. The van der Waals surface area contributed by atoms with Crippen molar-refractivity contribution in [1.82, 2.24) is 30.3 Å². The monoisotopic (exact) mass is 406 g/mol. The average Bonchev–Trinajstić information content (AvgIpc) is 3.19. The van der Waals surface area contributed by atoms with Gasteiger partial charge in [0.15, 0.2) is 11.6 Å². The van der Waals surface area contributed by atoms with Gasteiger partial charge in [-0.1, -0.05) is 30.3 Å². The molecule has 9 nitrogen and oxygen atoms in total. The molecule has 0 radical (unpaired) electrons. The maximum atomic E-state index is 12.7. The van der Waals surface area contributed by atoms with E-state index in [2.05, 4.69) is 30.5 Å². The zero-order valence-electron chi connectivity index (χ0n) is 17.0. The van der Waals surface area contributed by atoms with E-state index in [4.69, 9.17) is 5.73 Å². The Kier molecular flexibility index (Phi) is 5.99. The molecule has 1 aromatic carbocycles. The topological polar surface area (TPSA) is 115 Å². The third-order valence-corrected chi connectivity index (χ3v) is 5.18. The highest BCUT2D eigenvalue weighted by Gasteiger charge is 2.23. The smallest absolute Gasteiger partial charge is 0.242 e. The summed E-state index contributed by atoms with van der Waals surface area (Å²) in [6.07, 6.45) is 3.38. The van der Waals surface area contributed by atoms with Gasteiger partial charge in [-0.3, -0.25) is 4.79 Å². The van der Waals surface area contributed by atoms with Crippen LogP contribution >= 0.6 is 0 Å². The number of nitrogens with zero attached hydrogens (tertiary/aromatic N) is 6. The van der Waals surface area contributed by atoms with Crippen molar-refractivity contribution in [2.45, 2.75) is 38.4 Å². The molecule has 0 saturated carbocycles. The van der Waals surface area contributed by atoms with Gasteiger partial charge >= 0.3 is 0 Å². The molecule has 1 aliphatic heterocycles. The number of benzene rings is 1. The fourth-order valence-electron chi connectivity index (χ4n) is 3.64. The molecule has 0 unspecified atom stereocenters. The first-order chi connectivity index (χ1) is 14.6. The van der Waals surface area contributed by atoms with Crippen molar-refractivity contribution >= 4 is 11.7 Å². The predicted octanol–water partition coefficient (Wildman–Crippen LogP) is 1.54. The number of rotatable bonds is 6. The molecule has 2 aromatic heterocycles. The van der Waals surface area contributed by atoms with Crippen LogP contribution in [-0.2, 0) is 11.3 Å². The average molecular weight is 406 g/mol. The van der Waals surface area contributed by atoms with Crippen molar-refractivity contribution in [1.29, 1.82) is 0 Å².